The molecule has 12 rings (SSSR count). The first-order valence-corrected chi connectivity index (χ1v) is 19.4. The number of fused-ring (bicyclic) bond motifs is 13. The third kappa shape index (κ3) is 4.77. The van der Waals surface area contributed by atoms with E-state index >= 15 is 0 Å². The molecule has 0 bridgehead atoms. The highest BCUT2D eigenvalue weighted by atomic mass is 16.3. The minimum absolute atomic E-state index is 0.897. The van der Waals surface area contributed by atoms with E-state index in [1.54, 1.807) is 0 Å². The lowest BCUT2D eigenvalue weighted by molar-refractivity contribution is 0.670. The van der Waals surface area contributed by atoms with Crippen LogP contribution >= 0.6 is 0 Å². The molecular weight excluding hydrogens is 695 g/mol. The zero-order chi connectivity index (χ0) is 37.5. The minimum atomic E-state index is 0.897. The third-order valence-corrected chi connectivity index (χ3v) is 11.6. The maximum Gasteiger partial charge on any atom is 0.143 e. The molecule has 0 atom stereocenters. The Morgan fingerprint density at radius 3 is 1.61 bits per heavy atom. The number of furan rings is 1. The van der Waals surface area contributed by atoms with Crippen LogP contribution < -0.4 is 0 Å². The summed E-state index contributed by atoms with van der Waals surface area (Å²) in [7, 11) is 0. The third-order valence-electron chi connectivity index (χ3n) is 11.6. The SMILES string of the molecule is c1ccc(-n2c3ccccc3n(-c3ccccc3)c3cc4c(cc32)c2ccc(-c3cccc5c3oc3ccccc35)cc2c2ccccc2c2cccnc24)cc1. The van der Waals surface area contributed by atoms with E-state index < -0.39 is 0 Å². The highest BCUT2D eigenvalue weighted by Gasteiger charge is 2.19. The Balaban J connectivity index is 1.30. The predicted octanol–water partition coefficient (Wildman–Crippen LogP) is 14.3. The van der Waals surface area contributed by atoms with Gasteiger partial charge in [-0.3, -0.25) is 4.98 Å². The van der Waals surface area contributed by atoms with Crippen molar-refractivity contribution in [2.24, 2.45) is 0 Å². The molecule has 266 valence electrons. The van der Waals surface area contributed by atoms with Crippen molar-refractivity contribution in [1.29, 1.82) is 0 Å². The van der Waals surface area contributed by atoms with E-state index in [2.05, 4.69) is 197 Å². The van der Waals surface area contributed by atoms with Crippen LogP contribution in [0.4, 0.5) is 0 Å². The van der Waals surface area contributed by atoms with Gasteiger partial charge in [0, 0.05) is 44.7 Å². The van der Waals surface area contributed by atoms with Crippen molar-refractivity contribution >= 4 is 87.2 Å². The number of benzene rings is 8. The topological polar surface area (TPSA) is 35.9 Å². The van der Waals surface area contributed by atoms with Gasteiger partial charge in [0.25, 0.3) is 0 Å². The normalized spacial score (nSPS) is 11.9. The number of aromatic nitrogens is 3. The lowest BCUT2D eigenvalue weighted by Crippen LogP contribution is -2.08. The molecule has 4 nitrogen and oxygen atoms in total. The molecule has 0 saturated heterocycles. The Morgan fingerprint density at radius 1 is 0.351 bits per heavy atom. The fraction of sp³-hybridized carbons (Fsp3) is 0. The molecule has 0 radical (unpaired) electrons. The van der Waals surface area contributed by atoms with Gasteiger partial charge in [0.2, 0.25) is 0 Å². The maximum absolute atomic E-state index is 6.57. The van der Waals surface area contributed by atoms with Gasteiger partial charge in [0.05, 0.1) is 27.6 Å². The molecule has 3 heterocycles. The average Bonchev–Trinajstić information content (AvgIpc) is 3.67. The van der Waals surface area contributed by atoms with Crippen LogP contribution in [0.15, 0.2) is 205 Å². The summed E-state index contributed by atoms with van der Waals surface area (Å²) in [6.45, 7) is 0. The summed E-state index contributed by atoms with van der Waals surface area (Å²) >= 11 is 0. The lowest BCUT2D eigenvalue weighted by atomic mass is 9.93. The van der Waals surface area contributed by atoms with Crippen LogP contribution in [0, 0.1) is 0 Å². The average molecular weight is 728 g/mol. The van der Waals surface area contributed by atoms with Crippen LogP contribution in [0.5, 0.6) is 0 Å². The molecule has 4 heteroatoms. The molecule has 0 unspecified atom stereocenters. The van der Waals surface area contributed by atoms with Gasteiger partial charge < -0.3 is 13.6 Å². The first-order chi connectivity index (χ1) is 28.3. The fourth-order valence-electron chi connectivity index (χ4n) is 9.10. The number of para-hydroxylation sites is 6. The second kappa shape index (κ2) is 12.4. The van der Waals surface area contributed by atoms with Gasteiger partial charge in [0.1, 0.15) is 11.2 Å². The molecule has 0 N–H and O–H groups in total. The summed E-state index contributed by atoms with van der Waals surface area (Å²) in [4.78, 5) is 5.18. The monoisotopic (exact) mass is 727 g/mol. The Kier molecular flexibility index (Phi) is 6.89. The summed E-state index contributed by atoms with van der Waals surface area (Å²) < 4.78 is 11.4. The quantitative estimate of drug-likeness (QED) is 0.170. The van der Waals surface area contributed by atoms with Gasteiger partial charge in [-0.05, 0) is 99.2 Å². The zero-order valence-electron chi connectivity index (χ0n) is 30.8. The number of hydrogen-bond donors (Lipinski definition) is 0. The van der Waals surface area contributed by atoms with Crippen LogP contribution in [0.25, 0.3) is 110 Å². The van der Waals surface area contributed by atoms with E-state index in [4.69, 9.17) is 9.40 Å². The number of rotatable bonds is 3. The van der Waals surface area contributed by atoms with E-state index in [1.165, 1.54) is 5.39 Å². The van der Waals surface area contributed by atoms with Gasteiger partial charge >= 0.3 is 0 Å². The Hall–Kier alpha value is -7.69. The van der Waals surface area contributed by atoms with Crippen LogP contribution in [0.1, 0.15) is 0 Å². The van der Waals surface area contributed by atoms with Gasteiger partial charge in [-0.15, -0.1) is 0 Å². The first kappa shape index (κ1) is 31.6. The van der Waals surface area contributed by atoms with Crippen molar-refractivity contribution in [3.8, 4) is 22.5 Å². The van der Waals surface area contributed by atoms with Crippen molar-refractivity contribution in [2.45, 2.75) is 0 Å². The molecule has 9 aromatic carbocycles. The number of hydrogen-bond acceptors (Lipinski definition) is 2. The Labute approximate surface area is 327 Å². The van der Waals surface area contributed by atoms with Crippen molar-refractivity contribution in [3.05, 3.63) is 200 Å². The largest absolute Gasteiger partial charge is 0.455 e. The van der Waals surface area contributed by atoms with E-state index in [0.717, 1.165) is 104 Å². The van der Waals surface area contributed by atoms with Crippen LogP contribution in [0.2, 0.25) is 0 Å². The summed E-state index contributed by atoms with van der Waals surface area (Å²) in [6, 6.07) is 69.6. The molecule has 0 amide bonds. The van der Waals surface area contributed by atoms with Crippen molar-refractivity contribution in [1.82, 2.24) is 14.1 Å². The lowest BCUT2D eigenvalue weighted by Gasteiger charge is -2.23. The smallest absolute Gasteiger partial charge is 0.143 e. The summed E-state index contributed by atoms with van der Waals surface area (Å²) in [6.07, 6.45) is 1.92. The van der Waals surface area contributed by atoms with E-state index in [0.29, 0.717) is 0 Å². The molecular formula is C53H33N3O. The molecule has 0 saturated carbocycles. The summed E-state index contributed by atoms with van der Waals surface area (Å²) in [5, 5.41) is 10.2. The molecule has 57 heavy (non-hydrogen) atoms. The standard InChI is InChI=1S/C53H33N3O/c1-3-15-35(16-4-1)55-47-25-10-11-26-48(47)56(36-17-5-2-6-18-36)50-33-46-45(32-49(50)55)40-29-28-34(37-22-13-23-43-41-21-9-12-27-51(41)57-53(37)43)31-44(40)39-20-8-7-19-38(39)42-24-14-30-54-52(42)46/h1-33H. The van der Waals surface area contributed by atoms with Crippen molar-refractivity contribution < 1.29 is 4.42 Å². The Morgan fingerprint density at radius 2 is 0.895 bits per heavy atom. The molecule has 12 aromatic rings. The molecule has 0 aliphatic heterocycles. The molecule has 0 aliphatic carbocycles. The second-order valence-electron chi connectivity index (χ2n) is 14.7. The highest BCUT2D eigenvalue weighted by Crippen LogP contribution is 2.42. The molecule has 0 aliphatic rings. The van der Waals surface area contributed by atoms with Crippen LogP contribution in [-0.2, 0) is 0 Å². The Bertz CT molecular complexity index is 3630. The number of pyridine rings is 1. The molecule has 0 spiro atoms. The molecule has 0 fully saturated rings. The van der Waals surface area contributed by atoms with Crippen molar-refractivity contribution in [3.63, 3.8) is 0 Å². The van der Waals surface area contributed by atoms with E-state index in [1.807, 2.05) is 12.3 Å². The van der Waals surface area contributed by atoms with Crippen LogP contribution in [-0.4, -0.2) is 14.1 Å². The minimum Gasteiger partial charge on any atom is -0.455 e. The summed E-state index contributed by atoms with van der Waals surface area (Å²) in [5.41, 5.74) is 11.5. The predicted molar refractivity (Wildman–Crippen MR) is 238 cm³/mol. The van der Waals surface area contributed by atoms with Crippen LogP contribution in [0.3, 0.4) is 0 Å². The first-order valence-electron chi connectivity index (χ1n) is 19.4. The second-order valence-corrected chi connectivity index (χ2v) is 14.7. The summed E-state index contributed by atoms with van der Waals surface area (Å²) in [5.74, 6) is 0. The van der Waals surface area contributed by atoms with E-state index in [9.17, 15) is 0 Å². The fourth-order valence-corrected chi connectivity index (χ4v) is 9.10. The van der Waals surface area contributed by atoms with Crippen molar-refractivity contribution in [2.75, 3.05) is 0 Å². The van der Waals surface area contributed by atoms with Gasteiger partial charge in [-0.1, -0.05) is 127 Å². The van der Waals surface area contributed by atoms with Gasteiger partial charge in [-0.2, -0.15) is 0 Å². The molecule has 3 aromatic heterocycles. The van der Waals surface area contributed by atoms with Gasteiger partial charge in [-0.25, -0.2) is 0 Å². The number of nitrogens with zero attached hydrogens (tertiary/aromatic N) is 3. The van der Waals surface area contributed by atoms with E-state index in [-0.39, 0.29) is 0 Å². The highest BCUT2D eigenvalue weighted by molar-refractivity contribution is 6.27. The maximum atomic E-state index is 6.57. The van der Waals surface area contributed by atoms with Gasteiger partial charge in [0.15, 0.2) is 0 Å². The zero-order valence-corrected chi connectivity index (χ0v) is 30.8.